The van der Waals surface area contributed by atoms with Gasteiger partial charge in [-0.05, 0) is 79.6 Å². The third kappa shape index (κ3) is 6.40. The summed E-state index contributed by atoms with van der Waals surface area (Å²) in [6.45, 7) is 3.74. The Morgan fingerprint density at radius 1 is 0.857 bits per heavy atom. The molecule has 1 N–H and O–H groups in total. The van der Waals surface area contributed by atoms with Gasteiger partial charge in [-0.15, -0.1) is 0 Å². The van der Waals surface area contributed by atoms with Crippen LogP contribution in [0.25, 0.3) is 0 Å². The Kier molecular flexibility index (Phi) is 7.28. The van der Waals surface area contributed by atoms with Gasteiger partial charge in [0.15, 0.2) is 0 Å². The van der Waals surface area contributed by atoms with Gasteiger partial charge in [0.05, 0.1) is 12.8 Å². The quantitative estimate of drug-likeness (QED) is 0.477. The maximum Gasteiger partial charge on any atom is 0.253 e. The van der Waals surface area contributed by atoms with Crippen LogP contribution in [-0.4, -0.2) is 40.7 Å². The lowest BCUT2D eigenvalue weighted by Crippen LogP contribution is -2.35. The van der Waals surface area contributed by atoms with E-state index in [1.54, 1.807) is 6.26 Å². The van der Waals surface area contributed by atoms with Crippen molar-refractivity contribution in [2.24, 2.45) is 0 Å². The highest BCUT2D eigenvalue weighted by Gasteiger charge is 2.24. The van der Waals surface area contributed by atoms with Crippen LogP contribution in [-0.2, 0) is 19.6 Å². The zero-order valence-corrected chi connectivity index (χ0v) is 20.1. The molecule has 0 atom stereocenters. The van der Waals surface area contributed by atoms with E-state index in [1.807, 2.05) is 59.5 Å². The Bertz CT molecular complexity index is 1130. The SMILES string of the molecule is O=C(NC1CC1)c1ccc(CN(Cc2cccc(C(=O)N3CCCCC3)c2)Cc2ccco2)cc1. The van der Waals surface area contributed by atoms with Crippen molar-refractivity contribution in [2.75, 3.05) is 13.1 Å². The third-order valence-electron chi connectivity index (χ3n) is 6.72. The first kappa shape index (κ1) is 23.4. The van der Waals surface area contributed by atoms with Gasteiger partial charge in [0.1, 0.15) is 5.76 Å². The molecule has 1 aliphatic carbocycles. The maximum atomic E-state index is 13.0. The molecule has 35 heavy (non-hydrogen) atoms. The summed E-state index contributed by atoms with van der Waals surface area (Å²) >= 11 is 0. The summed E-state index contributed by atoms with van der Waals surface area (Å²) in [5.41, 5.74) is 3.68. The van der Waals surface area contributed by atoms with Crippen LogP contribution in [0.1, 0.15) is 69.7 Å². The molecule has 1 saturated carbocycles. The molecule has 2 aromatic carbocycles. The van der Waals surface area contributed by atoms with Crippen molar-refractivity contribution in [1.82, 2.24) is 15.1 Å². The number of hydrogen-bond acceptors (Lipinski definition) is 4. The van der Waals surface area contributed by atoms with E-state index in [2.05, 4.69) is 16.3 Å². The van der Waals surface area contributed by atoms with E-state index >= 15 is 0 Å². The van der Waals surface area contributed by atoms with Crippen molar-refractivity contribution >= 4 is 11.8 Å². The van der Waals surface area contributed by atoms with Gasteiger partial charge < -0.3 is 14.6 Å². The number of carbonyl (C=O) groups is 2. The lowest BCUT2D eigenvalue weighted by atomic mass is 10.1. The molecule has 0 bridgehead atoms. The number of piperidine rings is 1. The number of likely N-dealkylation sites (tertiary alicyclic amines) is 1. The van der Waals surface area contributed by atoms with Crippen molar-refractivity contribution in [1.29, 1.82) is 0 Å². The number of hydrogen-bond donors (Lipinski definition) is 1. The fraction of sp³-hybridized carbons (Fsp3) is 0.379. The second-order valence-corrected chi connectivity index (χ2v) is 9.72. The molecule has 0 unspecified atom stereocenters. The van der Waals surface area contributed by atoms with Crippen LogP contribution in [0.2, 0.25) is 0 Å². The Morgan fingerprint density at radius 3 is 2.34 bits per heavy atom. The Hall–Kier alpha value is -3.38. The summed E-state index contributed by atoms with van der Waals surface area (Å²) in [5.74, 6) is 1.02. The third-order valence-corrected chi connectivity index (χ3v) is 6.72. The van der Waals surface area contributed by atoms with Gasteiger partial charge in [0, 0.05) is 43.3 Å². The molecule has 0 spiro atoms. The smallest absolute Gasteiger partial charge is 0.253 e. The van der Waals surface area contributed by atoms with Gasteiger partial charge in [0.2, 0.25) is 0 Å². The average Bonchev–Trinajstić information content (AvgIpc) is 3.56. The zero-order valence-electron chi connectivity index (χ0n) is 20.1. The topological polar surface area (TPSA) is 65.8 Å². The molecular weight excluding hydrogens is 438 g/mol. The first-order valence-electron chi connectivity index (χ1n) is 12.7. The van der Waals surface area contributed by atoms with E-state index in [9.17, 15) is 9.59 Å². The maximum absolute atomic E-state index is 13.0. The van der Waals surface area contributed by atoms with Gasteiger partial charge in [-0.1, -0.05) is 24.3 Å². The molecule has 2 heterocycles. The Balaban J connectivity index is 1.28. The van der Waals surface area contributed by atoms with E-state index in [0.717, 1.165) is 61.2 Å². The summed E-state index contributed by atoms with van der Waals surface area (Å²) in [7, 11) is 0. The van der Waals surface area contributed by atoms with E-state index in [1.165, 1.54) is 6.42 Å². The number of furan rings is 1. The largest absolute Gasteiger partial charge is 0.468 e. The highest BCUT2D eigenvalue weighted by molar-refractivity contribution is 5.95. The number of nitrogens with zero attached hydrogens (tertiary/aromatic N) is 2. The molecule has 3 aromatic rings. The minimum Gasteiger partial charge on any atom is -0.468 e. The minimum absolute atomic E-state index is 0.00155. The van der Waals surface area contributed by atoms with Crippen LogP contribution < -0.4 is 5.32 Å². The predicted molar refractivity (Wildman–Crippen MR) is 135 cm³/mol. The van der Waals surface area contributed by atoms with Crippen LogP contribution >= 0.6 is 0 Å². The molecule has 1 saturated heterocycles. The standard InChI is InChI=1S/C29H33N3O3/c33-28(30-26-13-14-26)24-11-9-22(10-12-24)19-31(21-27-8-5-17-35-27)20-23-6-4-7-25(18-23)29(34)32-15-2-1-3-16-32/h4-12,17-18,26H,1-3,13-16,19-21H2,(H,30,33). The fourth-order valence-corrected chi connectivity index (χ4v) is 4.65. The first-order valence-corrected chi connectivity index (χ1v) is 12.7. The van der Waals surface area contributed by atoms with Crippen molar-refractivity contribution in [3.05, 3.63) is 94.9 Å². The molecule has 0 radical (unpaired) electrons. The first-order chi connectivity index (χ1) is 17.1. The van der Waals surface area contributed by atoms with E-state index in [-0.39, 0.29) is 11.8 Å². The van der Waals surface area contributed by atoms with Crippen molar-refractivity contribution in [3.8, 4) is 0 Å². The van der Waals surface area contributed by atoms with Crippen LogP contribution in [0.4, 0.5) is 0 Å². The van der Waals surface area contributed by atoms with Gasteiger partial charge in [0.25, 0.3) is 11.8 Å². The predicted octanol–water partition coefficient (Wildman–Crippen LogP) is 5.00. The van der Waals surface area contributed by atoms with E-state index < -0.39 is 0 Å². The van der Waals surface area contributed by atoms with Crippen LogP contribution in [0.5, 0.6) is 0 Å². The second-order valence-electron chi connectivity index (χ2n) is 9.72. The summed E-state index contributed by atoms with van der Waals surface area (Å²) in [4.78, 5) is 29.6. The Labute approximate surface area is 206 Å². The number of amides is 2. The molecule has 6 heteroatoms. The van der Waals surface area contributed by atoms with Crippen molar-refractivity contribution < 1.29 is 14.0 Å². The monoisotopic (exact) mass is 471 g/mol. The lowest BCUT2D eigenvalue weighted by molar-refractivity contribution is 0.0724. The number of rotatable bonds is 9. The molecule has 2 amide bonds. The molecule has 2 aliphatic rings. The fourth-order valence-electron chi connectivity index (χ4n) is 4.65. The van der Waals surface area contributed by atoms with Gasteiger partial charge >= 0.3 is 0 Å². The van der Waals surface area contributed by atoms with Crippen molar-refractivity contribution in [3.63, 3.8) is 0 Å². The van der Waals surface area contributed by atoms with Crippen LogP contribution in [0.15, 0.2) is 71.3 Å². The molecular formula is C29H33N3O3. The van der Waals surface area contributed by atoms with Gasteiger partial charge in [-0.25, -0.2) is 0 Å². The van der Waals surface area contributed by atoms with Crippen molar-refractivity contribution in [2.45, 2.75) is 57.8 Å². The summed E-state index contributed by atoms with van der Waals surface area (Å²) < 4.78 is 5.62. The second kappa shape index (κ2) is 10.9. The van der Waals surface area contributed by atoms with Gasteiger partial charge in [-0.2, -0.15) is 0 Å². The lowest BCUT2D eigenvalue weighted by Gasteiger charge is -2.27. The summed E-state index contributed by atoms with van der Waals surface area (Å²) in [6, 6.07) is 20.1. The molecule has 6 nitrogen and oxygen atoms in total. The Morgan fingerprint density at radius 2 is 1.63 bits per heavy atom. The van der Waals surface area contributed by atoms with Crippen LogP contribution in [0, 0.1) is 0 Å². The number of benzene rings is 2. The van der Waals surface area contributed by atoms with Crippen LogP contribution in [0.3, 0.4) is 0 Å². The zero-order chi connectivity index (χ0) is 24.0. The molecule has 5 rings (SSSR count). The molecule has 182 valence electrons. The molecule has 1 aromatic heterocycles. The van der Waals surface area contributed by atoms with Gasteiger partial charge in [-0.3, -0.25) is 14.5 Å². The molecule has 2 fully saturated rings. The summed E-state index contributed by atoms with van der Waals surface area (Å²) in [5, 5.41) is 3.04. The number of carbonyl (C=O) groups excluding carboxylic acids is 2. The normalized spacial score (nSPS) is 15.9. The highest BCUT2D eigenvalue weighted by Crippen LogP contribution is 2.21. The minimum atomic E-state index is 0.00155. The summed E-state index contributed by atoms with van der Waals surface area (Å²) in [6.07, 6.45) is 7.23. The van der Waals surface area contributed by atoms with E-state index in [0.29, 0.717) is 31.2 Å². The number of nitrogens with one attached hydrogen (secondary N) is 1. The molecule has 1 aliphatic heterocycles. The highest BCUT2D eigenvalue weighted by atomic mass is 16.3. The average molecular weight is 472 g/mol. The van der Waals surface area contributed by atoms with E-state index in [4.69, 9.17) is 4.42 Å².